The molecule has 0 saturated carbocycles. The van der Waals surface area contributed by atoms with E-state index in [4.69, 9.17) is 23.2 Å². The highest BCUT2D eigenvalue weighted by Crippen LogP contribution is 2.38. The quantitative estimate of drug-likeness (QED) is 0.365. The Morgan fingerprint density at radius 1 is 0.750 bits per heavy atom. The first-order chi connectivity index (χ1) is 11.6. The monoisotopic (exact) mass is 372 g/mol. The Hall–Kier alpha value is -1.74. The normalized spacial score (nSPS) is 11.9. The fourth-order valence-electron chi connectivity index (χ4n) is 2.32. The average Bonchev–Trinajstić information content (AvgIpc) is 2.62. The molecule has 1 atom stereocenters. The number of benzene rings is 3. The van der Waals surface area contributed by atoms with E-state index >= 15 is 0 Å². The number of hydrogen-bond acceptors (Lipinski definition) is 2. The van der Waals surface area contributed by atoms with Crippen LogP contribution in [0.2, 0.25) is 10.0 Å². The zero-order valence-electron chi connectivity index (χ0n) is 12.7. The van der Waals surface area contributed by atoms with Gasteiger partial charge in [-0.2, -0.15) is 0 Å². The third kappa shape index (κ3) is 4.21. The molecule has 0 fully saturated rings. The molecule has 0 aromatic heterocycles. The van der Waals surface area contributed by atoms with Gasteiger partial charge in [0.05, 0.1) is 5.25 Å². The summed E-state index contributed by atoms with van der Waals surface area (Å²) in [6.45, 7) is 0. The van der Waals surface area contributed by atoms with Crippen LogP contribution in [0.15, 0.2) is 83.8 Å². The standard InChI is InChI=1S/C20H14Cl2OS/c21-16-8-6-14(7-9-16)19(23)20(15-4-2-1-3-5-15)24-18-12-10-17(22)11-13-18/h1-13,20H/t20-/m0/s1. The van der Waals surface area contributed by atoms with Gasteiger partial charge in [-0.25, -0.2) is 0 Å². The summed E-state index contributed by atoms with van der Waals surface area (Å²) in [5.74, 6) is 0.0535. The molecule has 0 aliphatic heterocycles. The van der Waals surface area contributed by atoms with Crippen molar-refractivity contribution in [3.05, 3.63) is 100 Å². The van der Waals surface area contributed by atoms with E-state index in [0.717, 1.165) is 10.5 Å². The highest BCUT2D eigenvalue weighted by Gasteiger charge is 2.23. The predicted octanol–water partition coefficient (Wildman–Crippen LogP) is 6.71. The van der Waals surface area contributed by atoms with Crippen LogP contribution in [0.4, 0.5) is 0 Å². The molecule has 120 valence electrons. The van der Waals surface area contributed by atoms with Gasteiger partial charge >= 0.3 is 0 Å². The molecule has 3 aromatic carbocycles. The van der Waals surface area contributed by atoms with Crippen molar-refractivity contribution in [2.45, 2.75) is 10.1 Å². The summed E-state index contributed by atoms with van der Waals surface area (Å²) in [5, 5.41) is 0.973. The average molecular weight is 373 g/mol. The lowest BCUT2D eigenvalue weighted by Gasteiger charge is -2.16. The Balaban J connectivity index is 1.94. The van der Waals surface area contributed by atoms with Crippen molar-refractivity contribution < 1.29 is 4.79 Å². The number of hydrogen-bond donors (Lipinski definition) is 0. The minimum Gasteiger partial charge on any atom is -0.293 e. The molecule has 0 aliphatic carbocycles. The maximum absolute atomic E-state index is 13.0. The van der Waals surface area contributed by atoms with E-state index in [9.17, 15) is 4.79 Å². The lowest BCUT2D eigenvalue weighted by molar-refractivity contribution is 0.0989. The van der Waals surface area contributed by atoms with E-state index in [2.05, 4.69) is 0 Å². The minimum atomic E-state index is -0.325. The summed E-state index contributed by atoms with van der Waals surface area (Å²) >= 11 is 13.4. The van der Waals surface area contributed by atoms with E-state index in [0.29, 0.717) is 15.6 Å². The van der Waals surface area contributed by atoms with Crippen molar-refractivity contribution in [1.29, 1.82) is 0 Å². The molecule has 0 heterocycles. The van der Waals surface area contributed by atoms with Crippen LogP contribution in [-0.4, -0.2) is 5.78 Å². The molecule has 0 spiro atoms. The molecular formula is C20H14Cl2OS. The van der Waals surface area contributed by atoms with Gasteiger partial charge < -0.3 is 0 Å². The van der Waals surface area contributed by atoms with E-state index < -0.39 is 0 Å². The van der Waals surface area contributed by atoms with Gasteiger partial charge in [0, 0.05) is 20.5 Å². The second-order valence-corrected chi connectivity index (χ2v) is 7.29. The molecule has 0 amide bonds. The van der Waals surface area contributed by atoms with Crippen LogP contribution < -0.4 is 0 Å². The highest BCUT2D eigenvalue weighted by molar-refractivity contribution is 8.00. The van der Waals surface area contributed by atoms with Crippen LogP contribution >= 0.6 is 35.0 Å². The van der Waals surface area contributed by atoms with Crippen LogP contribution in [0.25, 0.3) is 0 Å². The third-order valence-electron chi connectivity index (χ3n) is 3.54. The number of Topliss-reactive ketones (excluding diaryl/α,β-unsaturated/α-hetero) is 1. The number of carbonyl (C=O) groups excluding carboxylic acids is 1. The van der Waals surface area contributed by atoms with Gasteiger partial charge in [0.2, 0.25) is 0 Å². The second-order valence-electron chi connectivity index (χ2n) is 5.23. The molecule has 1 nitrogen and oxygen atoms in total. The molecule has 0 unspecified atom stereocenters. The van der Waals surface area contributed by atoms with Crippen molar-refractivity contribution in [1.82, 2.24) is 0 Å². The van der Waals surface area contributed by atoms with Gasteiger partial charge in [0.25, 0.3) is 0 Å². The van der Waals surface area contributed by atoms with Gasteiger partial charge in [-0.1, -0.05) is 53.5 Å². The topological polar surface area (TPSA) is 17.1 Å². The molecule has 0 bridgehead atoms. The molecular weight excluding hydrogens is 359 g/mol. The van der Waals surface area contributed by atoms with Crippen LogP contribution in [-0.2, 0) is 0 Å². The third-order valence-corrected chi connectivity index (χ3v) is 5.31. The zero-order chi connectivity index (χ0) is 16.9. The maximum atomic E-state index is 13.0. The number of thioether (sulfide) groups is 1. The lowest BCUT2D eigenvalue weighted by atomic mass is 10.0. The van der Waals surface area contributed by atoms with Crippen molar-refractivity contribution in [2.24, 2.45) is 0 Å². The SMILES string of the molecule is O=C(c1ccc(Cl)cc1)[C@@H](Sc1ccc(Cl)cc1)c1ccccc1. The minimum absolute atomic E-state index is 0.0535. The maximum Gasteiger partial charge on any atom is 0.180 e. The Kier molecular flexibility index (Phi) is 5.62. The van der Waals surface area contributed by atoms with E-state index in [1.54, 1.807) is 24.3 Å². The van der Waals surface area contributed by atoms with Crippen molar-refractivity contribution >= 4 is 40.7 Å². The first kappa shape index (κ1) is 17.1. The highest BCUT2D eigenvalue weighted by atomic mass is 35.5. The van der Waals surface area contributed by atoms with E-state index in [1.165, 1.54) is 11.8 Å². The molecule has 0 aliphatic rings. The van der Waals surface area contributed by atoms with Crippen molar-refractivity contribution in [3.8, 4) is 0 Å². The smallest absolute Gasteiger partial charge is 0.180 e. The largest absolute Gasteiger partial charge is 0.293 e. The predicted molar refractivity (Wildman–Crippen MR) is 102 cm³/mol. The van der Waals surface area contributed by atoms with Gasteiger partial charge in [0.15, 0.2) is 5.78 Å². The van der Waals surface area contributed by atoms with Crippen molar-refractivity contribution in [3.63, 3.8) is 0 Å². The molecule has 4 heteroatoms. The number of halogens is 2. The van der Waals surface area contributed by atoms with E-state index in [1.807, 2.05) is 54.6 Å². The Morgan fingerprint density at radius 3 is 1.88 bits per heavy atom. The number of carbonyl (C=O) groups is 1. The van der Waals surface area contributed by atoms with Gasteiger partial charge in [-0.05, 0) is 54.1 Å². The first-order valence-electron chi connectivity index (χ1n) is 7.40. The fraction of sp³-hybridized carbons (Fsp3) is 0.0500. The Bertz CT molecular complexity index is 815. The summed E-state index contributed by atoms with van der Waals surface area (Å²) in [6, 6.07) is 24.3. The Morgan fingerprint density at radius 2 is 1.29 bits per heavy atom. The summed E-state index contributed by atoms with van der Waals surface area (Å²) < 4.78 is 0. The van der Waals surface area contributed by atoms with Gasteiger partial charge in [-0.15, -0.1) is 11.8 Å². The van der Waals surface area contributed by atoms with Crippen LogP contribution in [0.1, 0.15) is 21.2 Å². The van der Waals surface area contributed by atoms with Crippen LogP contribution in [0.5, 0.6) is 0 Å². The molecule has 0 saturated heterocycles. The summed E-state index contributed by atoms with van der Waals surface area (Å²) in [6.07, 6.45) is 0. The number of rotatable bonds is 5. The second kappa shape index (κ2) is 7.89. The molecule has 3 rings (SSSR count). The summed E-state index contributed by atoms with van der Waals surface area (Å²) in [5.41, 5.74) is 1.62. The zero-order valence-corrected chi connectivity index (χ0v) is 15.0. The molecule has 24 heavy (non-hydrogen) atoms. The molecule has 0 N–H and O–H groups in total. The van der Waals surface area contributed by atoms with E-state index in [-0.39, 0.29) is 11.0 Å². The molecule has 3 aromatic rings. The first-order valence-corrected chi connectivity index (χ1v) is 9.04. The number of ketones is 1. The summed E-state index contributed by atoms with van der Waals surface area (Å²) in [4.78, 5) is 14.0. The molecule has 0 radical (unpaired) electrons. The lowest BCUT2D eigenvalue weighted by Crippen LogP contribution is -2.09. The van der Waals surface area contributed by atoms with Crippen LogP contribution in [0.3, 0.4) is 0 Å². The van der Waals surface area contributed by atoms with Crippen LogP contribution in [0, 0.1) is 0 Å². The Labute approximate surface area is 155 Å². The fourth-order valence-corrected chi connectivity index (χ4v) is 3.67. The van der Waals surface area contributed by atoms with Crippen molar-refractivity contribution in [2.75, 3.05) is 0 Å². The van der Waals surface area contributed by atoms with Gasteiger partial charge in [-0.3, -0.25) is 4.79 Å². The van der Waals surface area contributed by atoms with Gasteiger partial charge in [0.1, 0.15) is 0 Å². The summed E-state index contributed by atoms with van der Waals surface area (Å²) in [7, 11) is 0.